The molecule has 0 aromatic carbocycles. The quantitative estimate of drug-likeness (QED) is 0.517. The molecule has 5 heteroatoms. The van der Waals surface area contributed by atoms with Crippen LogP contribution in [0.1, 0.15) is 16.9 Å². The fraction of sp³-hybridized carbons (Fsp3) is 0.222. The van der Waals surface area contributed by atoms with Gasteiger partial charge in [-0.1, -0.05) is 0 Å². The average molecular weight is 190 g/mol. The number of nitrogens with one attached hydrogen (secondary N) is 1. The van der Waals surface area contributed by atoms with Crippen molar-refractivity contribution < 1.29 is 4.79 Å². The highest BCUT2D eigenvalue weighted by atomic mass is 16.1. The van der Waals surface area contributed by atoms with E-state index >= 15 is 0 Å². The fourth-order valence-corrected chi connectivity index (χ4v) is 0.821. The number of carbonyl (C=O) groups is 1. The van der Waals surface area contributed by atoms with Crippen LogP contribution >= 0.6 is 0 Å². The van der Waals surface area contributed by atoms with Gasteiger partial charge < -0.3 is 11.1 Å². The van der Waals surface area contributed by atoms with Crippen molar-refractivity contribution in [3.8, 4) is 12.3 Å². The van der Waals surface area contributed by atoms with E-state index in [0.29, 0.717) is 18.8 Å². The molecule has 5 nitrogen and oxygen atoms in total. The van der Waals surface area contributed by atoms with Crippen LogP contribution in [0.3, 0.4) is 0 Å². The Bertz CT molecular complexity index is 352. The summed E-state index contributed by atoms with van der Waals surface area (Å²) >= 11 is 0. The first-order chi connectivity index (χ1) is 6.74. The third kappa shape index (κ3) is 2.75. The van der Waals surface area contributed by atoms with E-state index in [1.54, 1.807) is 6.07 Å². The lowest BCUT2D eigenvalue weighted by Crippen LogP contribution is -2.14. The second-order valence-corrected chi connectivity index (χ2v) is 2.55. The molecule has 0 aliphatic rings. The Balaban J connectivity index is 2.56. The van der Waals surface area contributed by atoms with Gasteiger partial charge >= 0.3 is 0 Å². The van der Waals surface area contributed by atoms with Crippen molar-refractivity contribution in [3.63, 3.8) is 0 Å². The Hall–Kier alpha value is -2.09. The molecular formula is C9H10N4O. The smallest absolute Gasteiger partial charge is 0.269 e. The van der Waals surface area contributed by atoms with Gasteiger partial charge in [0, 0.05) is 13.0 Å². The van der Waals surface area contributed by atoms with Crippen LogP contribution in [0.15, 0.2) is 12.1 Å². The molecule has 1 aromatic rings. The SMILES string of the molecule is C#CCCNc1ccc(C(N)=O)nn1. The largest absolute Gasteiger partial charge is 0.368 e. The minimum Gasteiger partial charge on any atom is -0.368 e. The number of primary amides is 1. The van der Waals surface area contributed by atoms with Crippen LogP contribution in [0.4, 0.5) is 5.82 Å². The molecule has 72 valence electrons. The summed E-state index contributed by atoms with van der Waals surface area (Å²) in [5, 5.41) is 10.3. The Labute approximate surface area is 81.7 Å². The molecule has 0 unspecified atom stereocenters. The van der Waals surface area contributed by atoms with Crippen LogP contribution < -0.4 is 11.1 Å². The van der Waals surface area contributed by atoms with E-state index in [4.69, 9.17) is 12.2 Å². The van der Waals surface area contributed by atoms with Gasteiger partial charge in [-0.05, 0) is 12.1 Å². The van der Waals surface area contributed by atoms with Gasteiger partial charge in [0.05, 0.1) is 0 Å². The van der Waals surface area contributed by atoms with E-state index in [2.05, 4.69) is 21.4 Å². The number of rotatable bonds is 4. The molecule has 1 heterocycles. The molecule has 0 fully saturated rings. The number of carbonyl (C=O) groups excluding carboxylic acids is 1. The molecule has 1 amide bonds. The molecule has 14 heavy (non-hydrogen) atoms. The zero-order valence-electron chi connectivity index (χ0n) is 7.53. The Morgan fingerprint density at radius 3 is 2.86 bits per heavy atom. The molecule has 0 radical (unpaired) electrons. The first kappa shape index (κ1) is 9.99. The fourth-order valence-electron chi connectivity index (χ4n) is 0.821. The average Bonchev–Trinajstić information content (AvgIpc) is 2.19. The minimum absolute atomic E-state index is 0.146. The van der Waals surface area contributed by atoms with Crippen molar-refractivity contribution in [1.29, 1.82) is 0 Å². The van der Waals surface area contributed by atoms with Crippen LogP contribution in [0.2, 0.25) is 0 Å². The lowest BCUT2D eigenvalue weighted by Gasteiger charge is -2.01. The number of aromatic nitrogens is 2. The molecule has 0 aliphatic carbocycles. The molecule has 0 atom stereocenters. The monoisotopic (exact) mass is 190 g/mol. The van der Waals surface area contributed by atoms with Crippen LogP contribution in [0, 0.1) is 12.3 Å². The Morgan fingerprint density at radius 1 is 1.57 bits per heavy atom. The van der Waals surface area contributed by atoms with Crippen molar-refractivity contribution in [2.75, 3.05) is 11.9 Å². The highest BCUT2D eigenvalue weighted by Gasteiger charge is 2.01. The molecular weight excluding hydrogens is 180 g/mol. The maximum Gasteiger partial charge on any atom is 0.269 e. The van der Waals surface area contributed by atoms with Crippen LogP contribution in [0.5, 0.6) is 0 Å². The van der Waals surface area contributed by atoms with Gasteiger partial charge in [-0.15, -0.1) is 22.5 Å². The van der Waals surface area contributed by atoms with Crippen molar-refractivity contribution >= 4 is 11.7 Å². The molecule has 1 rings (SSSR count). The Kier molecular flexibility index (Phi) is 3.44. The topological polar surface area (TPSA) is 80.9 Å². The zero-order chi connectivity index (χ0) is 10.4. The summed E-state index contributed by atoms with van der Waals surface area (Å²) in [5.41, 5.74) is 5.14. The maximum atomic E-state index is 10.6. The van der Waals surface area contributed by atoms with Gasteiger partial charge in [0.1, 0.15) is 5.82 Å². The molecule has 0 aliphatic heterocycles. The predicted molar refractivity (Wildman–Crippen MR) is 52.5 cm³/mol. The number of amides is 1. The lowest BCUT2D eigenvalue weighted by atomic mass is 10.3. The highest BCUT2D eigenvalue weighted by Crippen LogP contribution is 2.00. The highest BCUT2D eigenvalue weighted by molar-refractivity contribution is 5.90. The molecule has 0 bridgehead atoms. The summed E-state index contributed by atoms with van der Waals surface area (Å²) in [7, 11) is 0. The third-order valence-electron chi connectivity index (χ3n) is 1.49. The summed E-state index contributed by atoms with van der Waals surface area (Å²) in [6.45, 7) is 0.626. The van der Waals surface area contributed by atoms with Gasteiger partial charge in [-0.2, -0.15) is 0 Å². The van der Waals surface area contributed by atoms with Crippen molar-refractivity contribution in [2.24, 2.45) is 5.73 Å². The third-order valence-corrected chi connectivity index (χ3v) is 1.49. The summed E-state index contributed by atoms with van der Waals surface area (Å²) in [6.07, 6.45) is 5.68. The van der Waals surface area contributed by atoms with Crippen molar-refractivity contribution in [1.82, 2.24) is 10.2 Å². The van der Waals surface area contributed by atoms with Gasteiger partial charge in [0.2, 0.25) is 0 Å². The molecule has 1 aromatic heterocycles. The van der Waals surface area contributed by atoms with Crippen molar-refractivity contribution in [2.45, 2.75) is 6.42 Å². The Morgan fingerprint density at radius 2 is 2.36 bits per heavy atom. The van der Waals surface area contributed by atoms with E-state index in [0.717, 1.165) is 0 Å². The zero-order valence-corrected chi connectivity index (χ0v) is 7.53. The number of hydrogen-bond donors (Lipinski definition) is 2. The van der Waals surface area contributed by atoms with E-state index in [-0.39, 0.29) is 5.69 Å². The number of nitrogens with two attached hydrogens (primary N) is 1. The summed E-state index contributed by atoms with van der Waals surface area (Å²) in [5.74, 6) is 2.47. The maximum absolute atomic E-state index is 10.6. The summed E-state index contributed by atoms with van der Waals surface area (Å²) in [4.78, 5) is 10.6. The molecule has 0 saturated heterocycles. The number of terminal acetylenes is 1. The van der Waals surface area contributed by atoms with Gasteiger partial charge in [-0.25, -0.2) is 0 Å². The molecule has 3 N–H and O–H groups in total. The van der Waals surface area contributed by atoms with E-state index in [1.165, 1.54) is 6.07 Å². The van der Waals surface area contributed by atoms with Crippen LogP contribution in [0.25, 0.3) is 0 Å². The van der Waals surface area contributed by atoms with Gasteiger partial charge in [-0.3, -0.25) is 4.79 Å². The first-order valence-electron chi connectivity index (χ1n) is 4.05. The molecule has 0 spiro atoms. The number of hydrogen-bond acceptors (Lipinski definition) is 4. The molecule has 0 saturated carbocycles. The summed E-state index contributed by atoms with van der Waals surface area (Å²) < 4.78 is 0. The van der Waals surface area contributed by atoms with E-state index < -0.39 is 5.91 Å². The van der Waals surface area contributed by atoms with Gasteiger partial charge in [0.25, 0.3) is 5.91 Å². The number of nitrogens with zero attached hydrogens (tertiary/aromatic N) is 2. The van der Waals surface area contributed by atoms with E-state index in [1.807, 2.05) is 0 Å². The second kappa shape index (κ2) is 4.82. The second-order valence-electron chi connectivity index (χ2n) is 2.55. The van der Waals surface area contributed by atoms with Crippen LogP contribution in [-0.2, 0) is 0 Å². The number of anilines is 1. The minimum atomic E-state index is -0.590. The van der Waals surface area contributed by atoms with Crippen molar-refractivity contribution in [3.05, 3.63) is 17.8 Å². The lowest BCUT2D eigenvalue weighted by molar-refractivity contribution is 0.0994. The first-order valence-corrected chi connectivity index (χ1v) is 4.05. The van der Waals surface area contributed by atoms with Gasteiger partial charge in [0.15, 0.2) is 5.69 Å². The standard InChI is InChI=1S/C9H10N4O/c1-2-3-6-11-8-5-4-7(9(10)14)12-13-8/h1,4-5H,3,6H2,(H2,10,14)(H,11,13). The van der Waals surface area contributed by atoms with Crippen LogP contribution in [-0.4, -0.2) is 22.6 Å². The van der Waals surface area contributed by atoms with E-state index in [9.17, 15) is 4.79 Å². The predicted octanol–water partition coefficient (Wildman–Crippen LogP) is 0.0107. The summed E-state index contributed by atoms with van der Waals surface area (Å²) in [6, 6.07) is 3.14. The normalized spacial score (nSPS) is 9.07.